The molecule has 1 N–H and O–H groups in total. The number of hydrogen-bond acceptors (Lipinski definition) is 4. The van der Waals surface area contributed by atoms with Crippen LogP contribution in [-0.4, -0.2) is 25.5 Å². The minimum Gasteiger partial charge on any atom is -0.494 e. The Hall–Kier alpha value is -3.15. The number of ether oxygens (including phenoxy) is 2. The van der Waals surface area contributed by atoms with Crippen LogP contribution >= 0.6 is 0 Å². The van der Waals surface area contributed by atoms with Crippen molar-refractivity contribution >= 4 is 17.8 Å². The summed E-state index contributed by atoms with van der Waals surface area (Å²) >= 11 is 0. The molecule has 1 aliphatic heterocycles. The number of rotatable bonds is 6. The molecule has 0 atom stereocenters. The maximum absolute atomic E-state index is 13.7. The number of hydrogen-bond donors (Lipinski definition) is 1. The third-order valence-electron chi connectivity index (χ3n) is 3.58. The van der Waals surface area contributed by atoms with Gasteiger partial charge in [0.1, 0.15) is 17.3 Å². The van der Waals surface area contributed by atoms with Crippen molar-refractivity contribution in [1.29, 1.82) is 0 Å². The van der Waals surface area contributed by atoms with Crippen molar-refractivity contribution in [2.45, 2.75) is 6.42 Å². The first-order valence-corrected chi connectivity index (χ1v) is 7.78. The van der Waals surface area contributed by atoms with Crippen LogP contribution in [-0.2, 0) is 4.79 Å². The fourth-order valence-corrected chi connectivity index (χ4v) is 2.35. The van der Waals surface area contributed by atoms with Crippen LogP contribution in [0.5, 0.6) is 11.5 Å². The van der Waals surface area contributed by atoms with Crippen molar-refractivity contribution in [1.82, 2.24) is 5.32 Å². The van der Waals surface area contributed by atoms with Gasteiger partial charge in [0.05, 0.1) is 13.7 Å². The molecule has 0 spiro atoms. The zero-order valence-corrected chi connectivity index (χ0v) is 13.7. The van der Waals surface area contributed by atoms with Crippen LogP contribution in [0, 0.1) is 5.82 Å². The molecule has 0 fully saturated rings. The van der Waals surface area contributed by atoms with E-state index in [0.29, 0.717) is 24.4 Å². The quantitative estimate of drug-likeness (QED) is 0.822. The normalized spacial score (nSPS) is 15.0. The van der Waals surface area contributed by atoms with Crippen LogP contribution < -0.4 is 14.8 Å². The molecule has 2 aromatic carbocycles. The molecule has 0 bridgehead atoms. The monoisotopic (exact) mass is 340 g/mol. The Bertz CT molecular complexity index is 832. The third-order valence-corrected chi connectivity index (χ3v) is 3.58. The molecule has 1 aliphatic rings. The van der Waals surface area contributed by atoms with Crippen LogP contribution in [0.2, 0.25) is 0 Å². The number of amidine groups is 1. The predicted molar refractivity (Wildman–Crippen MR) is 93.1 cm³/mol. The number of para-hydroxylation sites is 1. The summed E-state index contributed by atoms with van der Waals surface area (Å²) in [6.07, 6.45) is 2.00. The van der Waals surface area contributed by atoms with Crippen molar-refractivity contribution in [2.24, 2.45) is 4.99 Å². The van der Waals surface area contributed by atoms with Gasteiger partial charge in [-0.25, -0.2) is 9.38 Å². The lowest BCUT2D eigenvalue weighted by atomic mass is 10.2. The van der Waals surface area contributed by atoms with E-state index in [0.717, 1.165) is 5.75 Å². The highest BCUT2D eigenvalue weighted by Gasteiger charge is 2.19. The molecule has 0 radical (unpaired) electrons. The summed E-state index contributed by atoms with van der Waals surface area (Å²) in [7, 11) is 1.40. The van der Waals surface area contributed by atoms with E-state index in [1.165, 1.54) is 25.3 Å². The second kappa shape index (κ2) is 7.61. The molecule has 0 unspecified atom stereocenters. The number of amides is 1. The van der Waals surface area contributed by atoms with Crippen LogP contribution in [0.4, 0.5) is 4.39 Å². The van der Waals surface area contributed by atoms with Crippen LogP contribution in [0.25, 0.3) is 6.08 Å². The first kappa shape index (κ1) is 16.7. The number of benzene rings is 2. The summed E-state index contributed by atoms with van der Waals surface area (Å²) < 4.78 is 24.2. The largest absolute Gasteiger partial charge is 0.494 e. The van der Waals surface area contributed by atoms with E-state index in [9.17, 15) is 9.18 Å². The van der Waals surface area contributed by atoms with E-state index < -0.39 is 5.82 Å². The second-order valence-electron chi connectivity index (χ2n) is 5.35. The van der Waals surface area contributed by atoms with E-state index in [1.807, 2.05) is 30.3 Å². The Morgan fingerprint density at radius 1 is 1.20 bits per heavy atom. The van der Waals surface area contributed by atoms with Crippen LogP contribution in [0.15, 0.2) is 59.2 Å². The SMILES string of the molecule is COc1ccc(/C=C2/N=C(CCOc3ccccc3)NC2=O)cc1F. The molecule has 128 valence electrons. The number of nitrogens with one attached hydrogen (secondary N) is 1. The van der Waals surface area contributed by atoms with E-state index in [2.05, 4.69) is 10.3 Å². The van der Waals surface area contributed by atoms with Gasteiger partial charge in [-0.2, -0.15) is 0 Å². The molecule has 1 amide bonds. The maximum Gasteiger partial charge on any atom is 0.275 e. The molecule has 25 heavy (non-hydrogen) atoms. The molecule has 0 aromatic heterocycles. The molecule has 1 heterocycles. The van der Waals surface area contributed by atoms with Gasteiger partial charge in [-0.3, -0.25) is 4.79 Å². The number of methoxy groups -OCH3 is 1. The van der Waals surface area contributed by atoms with E-state index in [4.69, 9.17) is 9.47 Å². The first-order valence-electron chi connectivity index (χ1n) is 7.78. The fraction of sp³-hybridized carbons (Fsp3) is 0.158. The van der Waals surface area contributed by atoms with Crippen molar-refractivity contribution in [3.8, 4) is 11.5 Å². The van der Waals surface area contributed by atoms with Crippen LogP contribution in [0.3, 0.4) is 0 Å². The zero-order chi connectivity index (χ0) is 17.6. The highest BCUT2D eigenvalue weighted by atomic mass is 19.1. The van der Waals surface area contributed by atoms with Gasteiger partial charge in [0.2, 0.25) is 0 Å². The highest BCUT2D eigenvalue weighted by Crippen LogP contribution is 2.20. The van der Waals surface area contributed by atoms with Gasteiger partial charge in [0.15, 0.2) is 11.6 Å². The third kappa shape index (κ3) is 4.23. The molecule has 6 heteroatoms. The summed E-state index contributed by atoms with van der Waals surface area (Å²) in [4.78, 5) is 16.2. The van der Waals surface area contributed by atoms with Crippen molar-refractivity contribution in [2.75, 3.05) is 13.7 Å². The lowest BCUT2D eigenvalue weighted by Crippen LogP contribution is -2.25. The molecular formula is C19H17FN2O3. The van der Waals surface area contributed by atoms with Crippen molar-refractivity contribution in [3.05, 3.63) is 65.6 Å². The maximum atomic E-state index is 13.7. The first-order chi connectivity index (χ1) is 12.2. The summed E-state index contributed by atoms with van der Waals surface area (Å²) in [6, 6.07) is 13.9. The van der Waals surface area contributed by atoms with Gasteiger partial charge in [-0.15, -0.1) is 0 Å². The Balaban J connectivity index is 1.64. The Labute approximate surface area is 144 Å². The van der Waals surface area contributed by atoms with Gasteiger partial charge in [-0.1, -0.05) is 24.3 Å². The number of carbonyl (C=O) groups is 1. The number of nitrogens with zero attached hydrogens (tertiary/aromatic N) is 1. The molecule has 2 aromatic rings. The average Bonchev–Trinajstić information content (AvgIpc) is 2.95. The minimum atomic E-state index is -0.490. The van der Waals surface area contributed by atoms with Crippen molar-refractivity contribution in [3.63, 3.8) is 0 Å². The highest BCUT2D eigenvalue weighted by molar-refractivity contribution is 6.14. The standard InChI is InChI=1S/C19H17FN2O3/c1-24-17-8-7-13(11-15(17)20)12-16-19(23)22-18(21-16)9-10-25-14-5-3-2-4-6-14/h2-8,11-12H,9-10H2,1H3,(H,21,22,23)/b16-12+. The lowest BCUT2D eigenvalue weighted by Gasteiger charge is -2.05. The molecule has 5 nitrogen and oxygen atoms in total. The Morgan fingerprint density at radius 3 is 2.72 bits per heavy atom. The van der Waals surface area contributed by atoms with Gasteiger partial charge >= 0.3 is 0 Å². The summed E-state index contributed by atoms with van der Waals surface area (Å²) in [6.45, 7) is 0.396. The Kier molecular flexibility index (Phi) is 5.09. The van der Waals surface area contributed by atoms with Crippen LogP contribution in [0.1, 0.15) is 12.0 Å². The lowest BCUT2D eigenvalue weighted by molar-refractivity contribution is -0.115. The fourth-order valence-electron chi connectivity index (χ4n) is 2.35. The summed E-state index contributed by atoms with van der Waals surface area (Å²) in [5, 5.41) is 2.69. The Morgan fingerprint density at radius 2 is 2.00 bits per heavy atom. The van der Waals surface area contributed by atoms with Gasteiger partial charge in [0.25, 0.3) is 5.91 Å². The summed E-state index contributed by atoms with van der Waals surface area (Å²) in [5.41, 5.74) is 0.772. The topological polar surface area (TPSA) is 59.9 Å². The molecule has 3 rings (SSSR count). The molecular weight excluding hydrogens is 323 g/mol. The van der Waals surface area contributed by atoms with Gasteiger partial charge in [0, 0.05) is 6.42 Å². The zero-order valence-electron chi connectivity index (χ0n) is 13.7. The predicted octanol–water partition coefficient (Wildman–Crippen LogP) is 3.17. The second-order valence-corrected chi connectivity index (χ2v) is 5.35. The van der Waals surface area contributed by atoms with E-state index >= 15 is 0 Å². The summed E-state index contributed by atoms with van der Waals surface area (Å²) in [5.74, 6) is 0.639. The van der Waals surface area contributed by atoms with E-state index in [-0.39, 0.29) is 17.4 Å². The average molecular weight is 340 g/mol. The van der Waals surface area contributed by atoms with Gasteiger partial charge < -0.3 is 14.8 Å². The number of aliphatic imine (C=N–C) groups is 1. The smallest absolute Gasteiger partial charge is 0.275 e. The minimum absolute atomic E-state index is 0.153. The molecule has 0 aliphatic carbocycles. The molecule has 0 saturated carbocycles. The van der Waals surface area contributed by atoms with Gasteiger partial charge in [-0.05, 0) is 35.9 Å². The van der Waals surface area contributed by atoms with E-state index in [1.54, 1.807) is 6.07 Å². The number of halogens is 1. The van der Waals surface area contributed by atoms with Crippen molar-refractivity contribution < 1.29 is 18.7 Å². The number of carbonyl (C=O) groups excluding carboxylic acids is 1. The molecule has 0 saturated heterocycles.